The zero-order chi connectivity index (χ0) is 15.7. The predicted molar refractivity (Wildman–Crippen MR) is 79.8 cm³/mol. The number of benzene rings is 2. The number of nitrogens with one attached hydrogen (secondary N) is 2. The minimum Gasteiger partial charge on any atom is -0.338 e. The first-order valence-electron chi connectivity index (χ1n) is 6.34. The van der Waals surface area contributed by atoms with Gasteiger partial charge in [0.2, 0.25) is 0 Å². The minimum absolute atomic E-state index is 0.0128. The highest BCUT2D eigenvalue weighted by molar-refractivity contribution is 5.97. The second-order valence-electron chi connectivity index (χ2n) is 4.60. The van der Waals surface area contributed by atoms with E-state index >= 15 is 0 Å². The van der Waals surface area contributed by atoms with Crippen molar-refractivity contribution in [1.82, 2.24) is 15.4 Å². The number of nitrogens with two attached hydrogens (primary N) is 1. The van der Waals surface area contributed by atoms with Gasteiger partial charge in [0.1, 0.15) is 5.82 Å². The lowest BCUT2D eigenvalue weighted by molar-refractivity contribution is -0.384. The fraction of sp³-hybridized carbons (Fsp3) is 0. The molecule has 3 rings (SSSR count). The summed E-state index contributed by atoms with van der Waals surface area (Å²) in [5.41, 5.74) is 4.32. The lowest BCUT2D eigenvalue weighted by Gasteiger charge is -1.98. The second kappa shape index (κ2) is 5.26. The van der Waals surface area contributed by atoms with E-state index in [1.807, 2.05) is 0 Å². The van der Waals surface area contributed by atoms with E-state index in [-0.39, 0.29) is 5.69 Å². The molecule has 0 atom stereocenters. The smallest absolute Gasteiger partial charge is 0.270 e. The van der Waals surface area contributed by atoms with Crippen molar-refractivity contribution in [3.63, 3.8) is 0 Å². The number of nitro benzene ring substituents is 1. The van der Waals surface area contributed by atoms with Crippen molar-refractivity contribution in [1.29, 1.82) is 0 Å². The van der Waals surface area contributed by atoms with E-state index in [0.717, 1.165) is 0 Å². The van der Waals surface area contributed by atoms with Crippen molar-refractivity contribution in [2.75, 3.05) is 0 Å². The third-order valence-corrected chi connectivity index (χ3v) is 3.21. The summed E-state index contributed by atoms with van der Waals surface area (Å²) in [6.45, 7) is 0. The molecule has 0 aliphatic heterocycles. The van der Waals surface area contributed by atoms with Crippen LogP contribution >= 0.6 is 0 Å². The Bertz CT molecular complexity index is 887. The van der Waals surface area contributed by atoms with Gasteiger partial charge in [0.15, 0.2) is 0 Å². The number of amides is 1. The molecule has 8 heteroatoms. The minimum atomic E-state index is -0.462. The number of nitrogen functional groups attached to an aromatic ring is 1. The third kappa shape index (κ3) is 2.38. The maximum Gasteiger partial charge on any atom is 0.270 e. The summed E-state index contributed by atoms with van der Waals surface area (Å²) in [7, 11) is 0. The summed E-state index contributed by atoms with van der Waals surface area (Å²) < 4.78 is 0. The van der Waals surface area contributed by atoms with Crippen LogP contribution in [0.3, 0.4) is 0 Å². The van der Waals surface area contributed by atoms with Crippen molar-refractivity contribution < 1.29 is 9.72 Å². The van der Waals surface area contributed by atoms with Crippen LogP contribution in [0.5, 0.6) is 0 Å². The van der Waals surface area contributed by atoms with E-state index < -0.39 is 10.8 Å². The van der Waals surface area contributed by atoms with Gasteiger partial charge in [0.05, 0.1) is 16.0 Å². The summed E-state index contributed by atoms with van der Waals surface area (Å²) >= 11 is 0. The van der Waals surface area contributed by atoms with E-state index in [9.17, 15) is 14.9 Å². The molecule has 0 fully saturated rings. The highest BCUT2D eigenvalue weighted by atomic mass is 16.6. The summed E-state index contributed by atoms with van der Waals surface area (Å²) in [6, 6.07) is 11.1. The Labute approximate surface area is 124 Å². The fourth-order valence-corrected chi connectivity index (χ4v) is 2.14. The van der Waals surface area contributed by atoms with Crippen molar-refractivity contribution >= 4 is 22.6 Å². The van der Waals surface area contributed by atoms with Gasteiger partial charge in [-0.05, 0) is 18.2 Å². The van der Waals surface area contributed by atoms with E-state index in [0.29, 0.717) is 28.0 Å². The molecule has 1 amide bonds. The zero-order valence-corrected chi connectivity index (χ0v) is 11.2. The number of non-ortho nitro benzene ring substituents is 1. The largest absolute Gasteiger partial charge is 0.338 e. The van der Waals surface area contributed by atoms with E-state index in [4.69, 9.17) is 5.84 Å². The molecule has 0 bridgehead atoms. The topological polar surface area (TPSA) is 127 Å². The highest BCUT2D eigenvalue weighted by Gasteiger charge is 2.12. The van der Waals surface area contributed by atoms with Crippen LogP contribution < -0.4 is 11.3 Å². The summed E-state index contributed by atoms with van der Waals surface area (Å²) in [6.07, 6.45) is 0. The molecule has 110 valence electrons. The molecule has 0 radical (unpaired) electrons. The molecule has 22 heavy (non-hydrogen) atoms. The lowest BCUT2D eigenvalue weighted by Crippen LogP contribution is -2.29. The normalized spacial score (nSPS) is 10.6. The molecule has 1 heterocycles. The number of rotatable bonds is 3. The number of aromatic amines is 1. The number of carbonyl (C=O) groups is 1. The van der Waals surface area contributed by atoms with E-state index in [2.05, 4.69) is 15.4 Å². The summed E-state index contributed by atoms with van der Waals surface area (Å²) in [4.78, 5) is 29.3. The predicted octanol–water partition coefficient (Wildman–Crippen LogP) is 1.74. The standard InChI is InChI=1S/C14H11N5O3/c15-18-14(20)9-4-5-11-12(7-9)17-13(16-11)8-2-1-3-10(6-8)19(21)22/h1-7H,15H2,(H,16,17)(H,18,20). The maximum absolute atomic E-state index is 11.5. The molecule has 4 N–H and O–H groups in total. The van der Waals surface area contributed by atoms with Crippen LogP contribution in [0.2, 0.25) is 0 Å². The van der Waals surface area contributed by atoms with Gasteiger partial charge in [0, 0.05) is 23.3 Å². The van der Waals surface area contributed by atoms with Gasteiger partial charge in [-0.2, -0.15) is 0 Å². The van der Waals surface area contributed by atoms with Crippen LogP contribution in [0.15, 0.2) is 42.5 Å². The second-order valence-corrected chi connectivity index (χ2v) is 4.60. The molecule has 0 saturated carbocycles. The fourth-order valence-electron chi connectivity index (χ4n) is 2.14. The van der Waals surface area contributed by atoms with Gasteiger partial charge in [-0.3, -0.25) is 20.3 Å². The van der Waals surface area contributed by atoms with Crippen molar-refractivity contribution in [2.45, 2.75) is 0 Å². The zero-order valence-electron chi connectivity index (χ0n) is 11.2. The molecule has 0 saturated heterocycles. The number of carbonyl (C=O) groups excluding carboxylic acids is 1. The monoisotopic (exact) mass is 297 g/mol. The van der Waals surface area contributed by atoms with Crippen LogP contribution in [-0.2, 0) is 0 Å². The SMILES string of the molecule is NNC(=O)c1ccc2nc(-c3cccc([N+](=O)[O-])c3)[nH]c2c1. The number of H-pyrrole nitrogens is 1. The number of imidazole rings is 1. The number of nitrogens with zero attached hydrogens (tertiary/aromatic N) is 2. The average molecular weight is 297 g/mol. The lowest BCUT2D eigenvalue weighted by atomic mass is 10.2. The van der Waals surface area contributed by atoms with Gasteiger partial charge in [-0.25, -0.2) is 10.8 Å². The molecule has 0 aliphatic rings. The van der Waals surface area contributed by atoms with Gasteiger partial charge in [-0.15, -0.1) is 0 Å². The molecule has 0 aliphatic carbocycles. The third-order valence-electron chi connectivity index (χ3n) is 3.21. The molecule has 0 spiro atoms. The average Bonchev–Trinajstić information content (AvgIpc) is 2.97. The Morgan fingerprint density at radius 1 is 1.27 bits per heavy atom. The van der Waals surface area contributed by atoms with Crippen molar-refractivity contribution in [3.8, 4) is 11.4 Å². The first kappa shape index (κ1) is 13.7. The van der Waals surface area contributed by atoms with Gasteiger partial charge in [-0.1, -0.05) is 12.1 Å². The van der Waals surface area contributed by atoms with Crippen LogP contribution in [0.25, 0.3) is 22.4 Å². The molecule has 3 aromatic rings. The molecule has 2 aromatic carbocycles. The number of hydrogen-bond acceptors (Lipinski definition) is 5. The van der Waals surface area contributed by atoms with Crippen LogP contribution in [0.4, 0.5) is 5.69 Å². The Balaban J connectivity index is 2.07. The highest BCUT2D eigenvalue weighted by Crippen LogP contribution is 2.24. The Morgan fingerprint density at radius 3 is 2.82 bits per heavy atom. The van der Waals surface area contributed by atoms with Crippen LogP contribution in [0.1, 0.15) is 10.4 Å². The van der Waals surface area contributed by atoms with Gasteiger partial charge in [0.25, 0.3) is 11.6 Å². The van der Waals surface area contributed by atoms with Crippen LogP contribution in [0, 0.1) is 10.1 Å². The van der Waals surface area contributed by atoms with Gasteiger partial charge >= 0.3 is 0 Å². The number of hydrogen-bond donors (Lipinski definition) is 3. The number of fused-ring (bicyclic) bond motifs is 1. The van der Waals surface area contributed by atoms with E-state index in [1.165, 1.54) is 12.1 Å². The number of nitro groups is 1. The maximum atomic E-state index is 11.5. The molecular formula is C14H11N5O3. The van der Waals surface area contributed by atoms with Gasteiger partial charge < -0.3 is 4.98 Å². The Morgan fingerprint density at radius 2 is 2.09 bits per heavy atom. The van der Waals surface area contributed by atoms with Crippen molar-refractivity contribution in [2.24, 2.45) is 5.84 Å². The molecule has 8 nitrogen and oxygen atoms in total. The Hall–Kier alpha value is -3.26. The summed E-state index contributed by atoms with van der Waals surface area (Å²) in [5, 5.41) is 10.8. The first-order chi connectivity index (χ1) is 10.6. The Kier molecular flexibility index (Phi) is 3.28. The molecule has 0 unspecified atom stereocenters. The molecular weight excluding hydrogens is 286 g/mol. The quantitative estimate of drug-likeness (QED) is 0.294. The van der Waals surface area contributed by atoms with Crippen LogP contribution in [-0.4, -0.2) is 20.8 Å². The van der Waals surface area contributed by atoms with Crippen molar-refractivity contribution in [3.05, 3.63) is 58.1 Å². The number of aromatic nitrogens is 2. The first-order valence-corrected chi connectivity index (χ1v) is 6.34. The number of hydrazine groups is 1. The van der Waals surface area contributed by atoms with E-state index in [1.54, 1.807) is 30.3 Å². The molecule has 1 aromatic heterocycles. The summed E-state index contributed by atoms with van der Waals surface area (Å²) in [5.74, 6) is 5.18.